The molecule has 0 radical (unpaired) electrons. The quantitative estimate of drug-likeness (QED) is 0.837. The van der Waals surface area contributed by atoms with Gasteiger partial charge in [-0.1, -0.05) is 0 Å². The fraction of sp³-hybridized carbons (Fsp3) is 0.417. The molecule has 0 aliphatic heterocycles. The smallest absolute Gasteiger partial charge is 0.339 e. The largest absolute Gasteiger partial charge is 0.478 e. The van der Waals surface area contributed by atoms with Gasteiger partial charge in [0.2, 0.25) is 0 Å². The van der Waals surface area contributed by atoms with E-state index in [1.54, 1.807) is 19.0 Å². The highest BCUT2D eigenvalue weighted by Crippen LogP contribution is 2.28. The van der Waals surface area contributed by atoms with Crippen LogP contribution in [0, 0.1) is 0 Å². The van der Waals surface area contributed by atoms with E-state index in [2.05, 4.69) is 10.1 Å². The van der Waals surface area contributed by atoms with Gasteiger partial charge in [-0.15, -0.1) is 0 Å². The number of nitrogens with zero attached hydrogens (tertiary/aromatic N) is 4. The maximum Gasteiger partial charge on any atom is 0.339 e. The number of carbonyl (C=O) groups is 1. The lowest BCUT2D eigenvalue weighted by Crippen LogP contribution is -2.26. The van der Waals surface area contributed by atoms with Gasteiger partial charge in [0.25, 0.3) is 0 Å². The van der Waals surface area contributed by atoms with E-state index < -0.39 is 15.8 Å². The topological polar surface area (TPSA) is 105 Å². The standard InChI is InChI=1S/C12H16N4O4S/c1-15(4-5-21(3,19)20)10-8-7-14-16(2)11(8)13-6-9(10)12(17)18/h6-7H,4-5H2,1-3H3,(H,17,18). The molecule has 0 aliphatic carbocycles. The highest BCUT2D eigenvalue weighted by Gasteiger charge is 2.20. The number of hydrogen-bond acceptors (Lipinski definition) is 6. The minimum atomic E-state index is -3.13. The Labute approximate surface area is 121 Å². The molecular formula is C12H16N4O4S. The zero-order chi connectivity index (χ0) is 15.8. The molecule has 0 aromatic carbocycles. The van der Waals surface area contributed by atoms with Crippen LogP contribution in [0.4, 0.5) is 5.69 Å². The zero-order valence-electron chi connectivity index (χ0n) is 11.9. The van der Waals surface area contributed by atoms with Crippen LogP contribution in [0.5, 0.6) is 0 Å². The second-order valence-corrected chi connectivity index (χ2v) is 7.14. The normalized spacial score (nSPS) is 11.8. The van der Waals surface area contributed by atoms with Crippen LogP contribution >= 0.6 is 0 Å². The first-order valence-electron chi connectivity index (χ1n) is 6.13. The molecule has 0 spiro atoms. The minimum absolute atomic E-state index is 0.0199. The lowest BCUT2D eigenvalue weighted by molar-refractivity contribution is 0.0697. The Bertz CT molecular complexity index is 797. The molecule has 0 atom stereocenters. The summed E-state index contributed by atoms with van der Waals surface area (Å²) in [6.45, 7) is 0.188. The summed E-state index contributed by atoms with van der Waals surface area (Å²) in [4.78, 5) is 17.1. The number of anilines is 1. The lowest BCUT2D eigenvalue weighted by atomic mass is 10.1. The zero-order valence-corrected chi connectivity index (χ0v) is 12.8. The molecule has 0 aliphatic rings. The highest BCUT2D eigenvalue weighted by molar-refractivity contribution is 7.90. The fourth-order valence-corrected chi connectivity index (χ4v) is 2.67. The number of carboxylic acid groups (broad SMARTS) is 1. The van der Waals surface area contributed by atoms with Crippen LogP contribution in [-0.4, -0.2) is 59.9 Å². The summed E-state index contributed by atoms with van der Waals surface area (Å²) in [7, 11) is 0.223. The molecule has 0 amide bonds. The third-order valence-electron chi connectivity index (χ3n) is 3.14. The van der Waals surface area contributed by atoms with E-state index in [-0.39, 0.29) is 17.9 Å². The number of aromatic carboxylic acids is 1. The first kappa shape index (κ1) is 15.2. The molecule has 2 heterocycles. The summed E-state index contributed by atoms with van der Waals surface area (Å²) >= 11 is 0. The molecule has 0 saturated heterocycles. The summed E-state index contributed by atoms with van der Waals surface area (Å²) in [5, 5.41) is 13.9. The first-order valence-corrected chi connectivity index (χ1v) is 8.19. The van der Waals surface area contributed by atoms with E-state index in [1.165, 1.54) is 17.1 Å². The number of hydrogen-bond donors (Lipinski definition) is 1. The van der Waals surface area contributed by atoms with Crippen molar-refractivity contribution in [2.24, 2.45) is 7.05 Å². The minimum Gasteiger partial charge on any atom is -0.478 e. The van der Waals surface area contributed by atoms with E-state index in [0.717, 1.165) is 6.26 Å². The van der Waals surface area contributed by atoms with Crippen molar-refractivity contribution in [1.29, 1.82) is 0 Å². The molecule has 2 aromatic heterocycles. The van der Waals surface area contributed by atoms with Gasteiger partial charge < -0.3 is 10.0 Å². The molecule has 2 rings (SSSR count). The van der Waals surface area contributed by atoms with E-state index in [9.17, 15) is 18.3 Å². The molecule has 2 aromatic rings. The molecule has 0 unspecified atom stereocenters. The van der Waals surface area contributed by atoms with Crippen molar-refractivity contribution in [2.45, 2.75) is 0 Å². The van der Waals surface area contributed by atoms with Gasteiger partial charge in [-0.3, -0.25) is 4.68 Å². The van der Waals surface area contributed by atoms with Crippen molar-refractivity contribution in [3.63, 3.8) is 0 Å². The SMILES string of the molecule is CN(CCS(C)(=O)=O)c1c(C(=O)O)cnc2c1cnn2C. The Kier molecular flexibility index (Phi) is 3.86. The molecule has 0 saturated carbocycles. The first-order chi connectivity index (χ1) is 9.70. The molecule has 114 valence electrons. The Morgan fingerprint density at radius 2 is 2.10 bits per heavy atom. The van der Waals surface area contributed by atoms with E-state index >= 15 is 0 Å². The van der Waals surface area contributed by atoms with Crippen LogP contribution in [0.25, 0.3) is 11.0 Å². The number of rotatable bonds is 5. The van der Waals surface area contributed by atoms with Crippen LogP contribution < -0.4 is 4.90 Å². The molecule has 8 nitrogen and oxygen atoms in total. The van der Waals surface area contributed by atoms with Gasteiger partial charge in [-0.05, 0) is 0 Å². The van der Waals surface area contributed by atoms with Gasteiger partial charge in [0.05, 0.1) is 23.0 Å². The number of fused-ring (bicyclic) bond motifs is 1. The maximum absolute atomic E-state index is 11.4. The summed E-state index contributed by atoms with van der Waals surface area (Å²) < 4.78 is 24.1. The average Bonchev–Trinajstić information content (AvgIpc) is 2.76. The van der Waals surface area contributed by atoms with Crippen molar-refractivity contribution < 1.29 is 18.3 Å². The van der Waals surface area contributed by atoms with E-state index in [0.29, 0.717) is 16.7 Å². The van der Waals surface area contributed by atoms with Crippen LogP contribution in [0.1, 0.15) is 10.4 Å². The summed E-state index contributed by atoms with van der Waals surface area (Å²) in [5.41, 5.74) is 0.983. The van der Waals surface area contributed by atoms with Crippen LogP contribution in [0.2, 0.25) is 0 Å². The Morgan fingerprint density at radius 3 is 2.67 bits per heavy atom. The van der Waals surface area contributed by atoms with Crippen molar-refractivity contribution in [3.8, 4) is 0 Å². The van der Waals surface area contributed by atoms with E-state index in [1.807, 2.05) is 0 Å². The van der Waals surface area contributed by atoms with Gasteiger partial charge in [-0.25, -0.2) is 18.2 Å². The average molecular weight is 312 g/mol. The second-order valence-electron chi connectivity index (χ2n) is 4.88. The highest BCUT2D eigenvalue weighted by atomic mass is 32.2. The molecular weight excluding hydrogens is 296 g/mol. The molecule has 21 heavy (non-hydrogen) atoms. The van der Waals surface area contributed by atoms with Crippen LogP contribution in [-0.2, 0) is 16.9 Å². The van der Waals surface area contributed by atoms with Crippen molar-refractivity contribution in [3.05, 3.63) is 18.0 Å². The van der Waals surface area contributed by atoms with Crippen molar-refractivity contribution in [2.75, 3.05) is 30.5 Å². The Balaban J connectivity index is 2.53. The van der Waals surface area contributed by atoms with E-state index in [4.69, 9.17) is 0 Å². The third-order valence-corrected chi connectivity index (χ3v) is 4.07. The molecule has 0 bridgehead atoms. The Hall–Kier alpha value is -2.16. The summed E-state index contributed by atoms with van der Waals surface area (Å²) in [5.74, 6) is -1.18. The molecule has 9 heteroatoms. The predicted octanol–water partition coefficient (Wildman–Crippen LogP) is 0.147. The number of pyridine rings is 1. The number of aryl methyl sites for hydroxylation is 1. The monoisotopic (exact) mass is 312 g/mol. The van der Waals surface area contributed by atoms with Crippen molar-refractivity contribution >= 4 is 32.5 Å². The van der Waals surface area contributed by atoms with Gasteiger partial charge in [0.15, 0.2) is 5.65 Å². The number of sulfone groups is 1. The number of carboxylic acids is 1. The third kappa shape index (κ3) is 3.13. The Morgan fingerprint density at radius 1 is 1.43 bits per heavy atom. The summed E-state index contributed by atoms with van der Waals surface area (Å²) in [6, 6.07) is 0. The van der Waals surface area contributed by atoms with Gasteiger partial charge in [-0.2, -0.15) is 5.10 Å². The maximum atomic E-state index is 11.4. The van der Waals surface area contributed by atoms with Crippen LogP contribution in [0.15, 0.2) is 12.4 Å². The number of aromatic nitrogens is 3. The lowest BCUT2D eigenvalue weighted by Gasteiger charge is -2.21. The molecule has 0 fully saturated rings. The van der Waals surface area contributed by atoms with Gasteiger partial charge in [0.1, 0.15) is 15.4 Å². The van der Waals surface area contributed by atoms with Gasteiger partial charge in [0, 0.05) is 33.1 Å². The van der Waals surface area contributed by atoms with Crippen LogP contribution in [0.3, 0.4) is 0 Å². The fourth-order valence-electron chi connectivity index (χ4n) is 2.07. The molecule has 1 N–H and O–H groups in total. The van der Waals surface area contributed by atoms with Gasteiger partial charge >= 0.3 is 5.97 Å². The summed E-state index contributed by atoms with van der Waals surface area (Å²) in [6.07, 6.45) is 3.94. The second kappa shape index (κ2) is 5.32. The predicted molar refractivity (Wildman–Crippen MR) is 78.4 cm³/mol. The van der Waals surface area contributed by atoms with Crippen molar-refractivity contribution in [1.82, 2.24) is 14.8 Å².